The van der Waals surface area contributed by atoms with Gasteiger partial charge in [-0.1, -0.05) is 115 Å². The van der Waals surface area contributed by atoms with Gasteiger partial charge in [0.05, 0.1) is 22.6 Å². The summed E-state index contributed by atoms with van der Waals surface area (Å²) in [4.78, 5) is 17.5. The lowest BCUT2D eigenvalue weighted by molar-refractivity contribution is 1.24. The van der Waals surface area contributed by atoms with E-state index in [1.165, 1.54) is 26.2 Å². The number of hydrogen-bond donors (Lipinski definition) is 0. The monoisotopic (exact) mass is 656 g/mol. The second-order valence-electron chi connectivity index (χ2n) is 12.4. The topological polar surface area (TPSA) is 41.9 Å². The van der Waals surface area contributed by atoms with Gasteiger partial charge in [-0.15, -0.1) is 11.3 Å². The van der Waals surface area contributed by atoms with Crippen LogP contribution in [0.25, 0.3) is 75.3 Å². The van der Waals surface area contributed by atoms with Crippen LogP contribution >= 0.6 is 11.3 Å². The first-order valence-corrected chi connectivity index (χ1v) is 17.5. The van der Waals surface area contributed by atoms with E-state index in [4.69, 9.17) is 9.97 Å². The Balaban J connectivity index is 1.26. The number of para-hydroxylation sites is 2. The molecule has 0 saturated carbocycles. The fraction of sp³-hybridized carbons (Fsp3) is 0. The number of anilines is 3. The number of benzene rings is 7. The minimum absolute atomic E-state index is 0.726. The number of fused-ring (bicyclic) bond motifs is 7. The Bertz CT molecular complexity index is 2880. The van der Waals surface area contributed by atoms with Crippen LogP contribution in [0.2, 0.25) is 0 Å². The molecule has 0 unspecified atom stereocenters. The fourth-order valence-corrected chi connectivity index (χ4v) is 8.56. The van der Waals surface area contributed by atoms with Gasteiger partial charge < -0.3 is 4.90 Å². The lowest BCUT2D eigenvalue weighted by Crippen LogP contribution is -2.11. The molecule has 234 valence electrons. The van der Waals surface area contributed by atoms with Crippen LogP contribution in [0.1, 0.15) is 0 Å². The number of nitrogens with zero attached hydrogens (tertiary/aromatic N) is 4. The van der Waals surface area contributed by atoms with Crippen molar-refractivity contribution >= 4 is 81.0 Å². The first-order valence-electron chi connectivity index (χ1n) is 16.7. The zero-order valence-electron chi connectivity index (χ0n) is 26.9. The summed E-state index contributed by atoms with van der Waals surface area (Å²) in [6, 6.07) is 55.5. The molecule has 10 rings (SSSR count). The molecule has 0 aliphatic rings. The van der Waals surface area contributed by atoms with E-state index in [-0.39, 0.29) is 0 Å². The predicted octanol–water partition coefficient (Wildman–Crippen LogP) is 12.5. The third-order valence-corrected chi connectivity index (χ3v) is 10.7. The van der Waals surface area contributed by atoms with Crippen LogP contribution in [0.3, 0.4) is 0 Å². The highest BCUT2D eigenvalue weighted by Gasteiger charge is 2.22. The maximum absolute atomic E-state index is 5.25. The summed E-state index contributed by atoms with van der Waals surface area (Å²) in [6.07, 6.45) is 3.92. The van der Waals surface area contributed by atoms with Crippen molar-refractivity contribution in [1.82, 2.24) is 15.0 Å². The molecule has 0 bridgehead atoms. The summed E-state index contributed by atoms with van der Waals surface area (Å²) in [5.74, 6) is 0.726. The summed E-state index contributed by atoms with van der Waals surface area (Å²) < 4.78 is 2.35. The van der Waals surface area contributed by atoms with Gasteiger partial charge in [0, 0.05) is 70.9 Å². The van der Waals surface area contributed by atoms with Crippen molar-refractivity contribution in [2.75, 3.05) is 4.90 Å². The second-order valence-corrected chi connectivity index (χ2v) is 13.5. The molecule has 0 N–H and O–H groups in total. The van der Waals surface area contributed by atoms with Gasteiger partial charge in [0.25, 0.3) is 0 Å². The van der Waals surface area contributed by atoms with E-state index in [0.29, 0.717) is 0 Å². The minimum atomic E-state index is 0.726. The van der Waals surface area contributed by atoms with Gasteiger partial charge in [-0.25, -0.2) is 9.97 Å². The Morgan fingerprint density at radius 3 is 2.12 bits per heavy atom. The Kier molecular flexibility index (Phi) is 6.64. The maximum Gasteiger partial charge on any atom is 0.161 e. The van der Waals surface area contributed by atoms with E-state index in [1.807, 2.05) is 24.5 Å². The molecule has 0 amide bonds. The molecule has 50 heavy (non-hydrogen) atoms. The third-order valence-electron chi connectivity index (χ3n) is 9.53. The summed E-state index contributed by atoms with van der Waals surface area (Å²) in [5.41, 5.74) is 7.31. The molecule has 10 aromatic rings. The van der Waals surface area contributed by atoms with Crippen LogP contribution < -0.4 is 4.90 Å². The first-order chi connectivity index (χ1) is 24.8. The van der Waals surface area contributed by atoms with Crippen molar-refractivity contribution in [3.05, 3.63) is 170 Å². The first kappa shape index (κ1) is 28.6. The molecule has 3 heterocycles. The van der Waals surface area contributed by atoms with Gasteiger partial charge in [0.15, 0.2) is 5.82 Å². The number of rotatable bonds is 5. The van der Waals surface area contributed by atoms with Gasteiger partial charge in [0.1, 0.15) is 0 Å². The van der Waals surface area contributed by atoms with E-state index in [0.717, 1.165) is 66.1 Å². The molecule has 4 nitrogen and oxygen atoms in total. The van der Waals surface area contributed by atoms with Gasteiger partial charge in [-0.2, -0.15) is 0 Å². The Labute approximate surface area is 292 Å². The highest BCUT2D eigenvalue weighted by molar-refractivity contribution is 7.26. The predicted molar refractivity (Wildman–Crippen MR) is 211 cm³/mol. The summed E-state index contributed by atoms with van der Waals surface area (Å²) in [7, 11) is 0. The quantitative estimate of drug-likeness (QED) is 0.185. The Morgan fingerprint density at radius 1 is 0.520 bits per heavy atom. The average molecular weight is 657 g/mol. The Morgan fingerprint density at radius 2 is 1.24 bits per heavy atom. The minimum Gasteiger partial charge on any atom is -0.309 e. The maximum atomic E-state index is 5.25. The SMILES string of the molecule is c1ccc(-c2nc(-c3cccc4c3sc3cc(N(c5ccccc5)c5cccc6ccccc56)c5ccncc5c34)nc3ccccc23)cc1. The fourth-order valence-electron chi connectivity index (χ4n) is 7.30. The van der Waals surface area contributed by atoms with Crippen LogP contribution in [-0.4, -0.2) is 15.0 Å². The van der Waals surface area contributed by atoms with Crippen molar-refractivity contribution < 1.29 is 0 Å². The van der Waals surface area contributed by atoms with Crippen LogP contribution in [-0.2, 0) is 0 Å². The van der Waals surface area contributed by atoms with Crippen molar-refractivity contribution in [2.45, 2.75) is 0 Å². The normalized spacial score (nSPS) is 11.6. The van der Waals surface area contributed by atoms with Crippen LogP contribution in [0.15, 0.2) is 170 Å². The molecule has 0 radical (unpaired) electrons. The zero-order chi connectivity index (χ0) is 33.0. The molecular formula is C45H28N4S. The average Bonchev–Trinajstić information content (AvgIpc) is 3.57. The molecule has 0 aliphatic heterocycles. The standard InChI is InChI=1S/C45H28N4S/c1-3-14-30(15-4-1)43-34-20-9-10-23-38(34)47-45(48-43)36-22-12-21-35-42-37-28-46-26-25-33(37)40(27-41(42)50-44(35)36)49(31-17-5-2-6-18-31)39-24-11-16-29-13-7-8-19-32(29)39/h1-28H. The van der Waals surface area contributed by atoms with Gasteiger partial charge in [0.2, 0.25) is 0 Å². The van der Waals surface area contributed by atoms with E-state index < -0.39 is 0 Å². The number of hydrogen-bond acceptors (Lipinski definition) is 5. The van der Waals surface area contributed by atoms with Gasteiger partial charge >= 0.3 is 0 Å². The van der Waals surface area contributed by atoms with E-state index in [1.54, 1.807) is 11.3 Å². The van der Waals surface area contributed by atoms with E-state index >= 15 is 0 Å². The van der Waals surface area contributed by atoms with Crippen LogP contribution in [0.5, 0.6) is 0 Å². The molecular weight excluding hydrogens is 629 g/mol. The van der Waals surface area contributed by atoms with Crippen molar-refractivity contribution in [2.24, 2.45) is 0 Å². The molecule has 0 aliphatic carbocycles. The summed E-state index contributed by atoms with van der Waals surface area (Å²) in [5, 5.41) is 8.09. The van der Waals surface area contributed by atoms with Crippen molar-refractivity contribution in [3.8, 4) is 22.6 Å². The second kappa shape index (κ2) is 11.6. The zero-order valence-corrected chi connectivity index (χ0v) is 27.7. The molecule has 0 spiro atoms. The summed E-state index contributed by atoms with van der Waals surface area (Å²) >= 11 is 1.80. The third kappa shape index (κ3) is 4.55. The molecule has 0 atom stereocenters. The van der Waals surface area contributed by atoms with Gasteiger partial charge in [-0.05, 0) is 47.9 Å². The van der Waals surface area contributed by atoms with Crippen molar-refractivity contribution in [3.63, 3.8) is 0 Å². The Hall–Kier alpha value is -6.43. The summed E-state index contributed by atoms with van der Waals surface area (Å²) in [6.45, 7) is 0. The molecule has 5 heteroatoms. The highest BCUT2D eigenvalue weighted by Crippen LogP contribution is 2.48. The van der Waals surface area contributed by atoms with Gasteiger partial charge in [-0.3, -0.25) is 4.98 Å². The molecule has 0 fully saturated rings. The van der Waals surface area contributed by atoms with Crippen LogP contribution in [0.4, 0.5) is 17.1 Å². The smallest absolute Gasteiger partial charge is 0.161 e. The molecule has 0 saturated heterocycles. The molecule has 7 aromatic carbocycles. The number of pyridine rings is 1. The highest BCUT2D eigenvalue weighted by atomic mass is 32.1. The lowest BCUT2D eigenvalue weighted by atomic mass is 10.0. The van der Waals surface area contributed by atoms with E-state index in [9.17, 15) is 0 Å². The number of aromatic nitrogens is 3. The lowest BCUT2D eigenvalue weighted by Gasteiger charge is -2.28. The largest absolute Gasteiger partial charge is 0.309 e. The molecule has 3 aromatic heterocycles. The number of thiophene rings is 1. The van der Waals surface area contributed by atoms with E-state index in [2.05, 4.69) is 155 Å². The van der Waals surface area contributed by atoms with Crippen molar-refractivity contribution in [1.29, 1.82) is 0 Å². The van der Waals surface area contributed by atoms with Crippen LogP contribution in [0, 0.1) is 0 Å².